The van der Waals surface area contributed by atoms with Crippen LogP contribution in [0.15, 0.2) is 30.3 Å². The molecule has 2 amide bonds. The van der Waals surface area contributed by atoms with Gasteiger partial charge in [-0.05, 0) is 53.7 Å². The molecule has 0 aromatic heterocycles. The highest BCUT2D eigenvalue weighted by Gasteiger charge is 2.28. The Kier molecular flexibility index (Phi) is 9.92. The molecule has 1 rings (SSSR count). The minimum Gasteiger partial charge on any atom is -0.459 e. The Morgan fingerprint density at radius 1 is 0.935 bits per heavy atom. The minimum atomic E-state index is -2.08. The maximum absolute atomic E-state index is 12.5. The molecule has 0 fully saturated rings. The number of hydrogen-bond acceptors (Lipinski definition) is 7. The van der Waals surface area contributed by atoms with Crippen LogP contribution in [-0.2, 0) is 30.3 Å². The molecule has 0 aliphatic rings. The first kappa shape index (κ1) is 26.4. The van der Waals surface area contributed by atoms with E-state index in [9.17, 15) is 18.6 Å². The van der Waals surface area contributed by atoms with Crippen LogP contribution in [0.1, 0.15) is 41.5 Å². The van der Waals surface area contributed by atoms with Gasteiger partial charge in [0.2, 0.25) is 5.91 Å². The third-order valence-electron chi connectivity index (χ3n) is 3.14. The highest BCUT2D eigenvalue weighted by molar-refractivity contribution is 7.78. The Morgan fingerprint density at radius 2 is 1.52 bits per heavy atom. The first-order chi connectivity index (χ1) is 14.2. The van der Waals surface area contributed by atoms with Crippen LogP contribution in [0.4, 0.5) is 4.79 Å². The van der Waals surface area contributed by atoms with Gasteiger partial charge in [0.1, 0.15) is 23.0 Å². The van der Waals surface area contributed by atoms with E-state index in [1.165, 1.54) is 0 Å². The van der Waals surface area contributed by atoms with Crippen LogP contribution in [0.5, 0.6) is 5.75 Å². The molecule has 1 aromatic carbocycles. The van der Waals surface area contributed by atoms with Crippen molar-refractivity contribution in [3.63, 3.8) is 0 Å². The van der Waals surface area contributed by atoms with Crippen molar-refractivity contribution >= 4 is 29.2 Å². The number of alkyl carbamates (subject to hydrolysis) is 1. The molecule has 0 radical (unpaired) electrons. The predicted molar refractivity (Wildman–Crippen MR) is 115 cm³/mol. The third-order valence-corrected chi connectivity index (χ3v) is 3.96. The summed E-state index contributed by atoms with van der Waals surface area (Å²) >= 11 is -2.08. The number of amides is 2. The molecule has 174 valence electrons. The predicted octanol–water partition coefficient (Wildman–Crippen LogP) is 1.58. The van der Waals surface area contributed by atoms with Gasteiger partial charge < -0.3 is 24.3 Å². The molecule has 0 heterocycles. The largest absolute Gasteiger partial charge is 0.459 e. The quantitative estimate of drug-likeness (QED) is 0.480. The van der Waals surface area contributed by atoms with E-state index < -0.39 is 46.5 Å². The van der Waals surface area contributed by atoms with Crippen molar-refractivity contribution in [2.75, 3.05) is 13.1 Å². The molecule has 0 aliphatic carbocycles. The summed E-state index contributed by atoms with van der Waals surface area (Å²) in [6, 6.07) is 7.23. The minimum absolute atomic E-state index is 0.242. The topological polar surface area (TPSA) is 132 Å². The second-order valence-electron chi connectivity index (χ2n) is 8.49. The average molecular weight is 458 g/mol. The summed E-state index contributed by atoms with van der Waals surface area (Å²) < 4.78 is 30.3. The zero-order valence-electron chi connectivity index (χ0n) is 18.6. The van der Waals surface area contributed by atoms with E-state index in [-0.39, 0.29) is 13.1 Å². The number of benzene rings is 1. The van der Waals surface area contributed by atoms with Crippen LogP contribution in [-0.4, -0.2) is 52.5 Å². The maximum Gasteiger partial charge on any atom is 0.408 e. The first-order valence-corrected chi connectivity index (χ1v) is 10.7. The summed E-state index contributed by atoms with van der Waals surface area (Å²) in [5.74, 6) is -0.962. The number of rotatable bonds is 9. The molecule has 0 saturated heterocycles. The molecule has 1 aromatic rings. The molecule has 31 heavy (non-hydrogen) atoms. The van der Waals surface area contributed by atoms with Crippen molar-refractivity contribution in [3.8, 4) is 5.75 Å². The fourth-order valence-corrected chi connectivity index (χ4v) is 2.74. The van der Waals surface area contributed by atoms with Crippen molar-refractivity contribution in [2.45, 2.75) is 58.8 Å². The average Bonchev–Trinajstić information content (AvgIpc) is 2.61. The summed E-state index contributed by atoms with van der Waals surface area (Å²) in [5, 5.41) is 4.78. The van der Waals surface area contributed by atoms with E-state index in [2.05, 4.69) is 15.4 Å². The summed E-state index contributed by atoms with van der Waals surface area (Å²) in [6.07, 6.45) is -0.748. The Labute approximate surface area is 185 Å². The van der Waals surface area contributed by atoms with E-state index in [4.69, 9.17) is 13.7 Å². The van der Waals surface area contributed by atoms with Crippen LogP contribution in [0, 0.1) is 0 Å². The van der Waals surface area contributed by atoms with Gasteiger partial charge in [-0.15, -0.1) is 0 Å². The van der Waals surface area contributed by atoms with Gasteiger partial charge in [-0.2, -0.15) is 8.93 Å². The van der Waals surface area contributed by atoms with Crippen LogP contribution >= 0.6 is 0 Å². The van der Waals surface area contributed by atoms with Crippen LogP contribution in [0.25, 0.3) is 0 Å². The summed E-state index contributed by atoms with van der Waals surface area (Å²) in [7, 11) is 0. The van der Waals surface area contributed by atoms with E-state index in [0.717, 1.165) is 0 Å². The number of carbonyl (C=O) groups is 3. The Balaban J connectivity index is 2.65. The smallest absolute Gasteiger partial charge is 0.408 e. The highest BCUT2D eigenvalue weighted by atomic mass is 32.2. The van der Waals surface area contributed by atoms with Crippen molar-refractivity contribution in [2.24, 2.45) is 0 Å². The van der Waals surface area contributed by atoms with E-state index >= 15 is 0 Å². The Hall–Kier alpha value is -2.66. The lowest BCUT2D eigenvalue weighted by atomic mass is 10.2. The monoisotopic (exact) mass is 457 g/mol. The van der Waals surface area contributed by atoms with E-state index in [1.54, 1.807) is 71.9 Å². The molecule has 0 aliphatic heterocycles. The maximum atomic E-state index is 12.5. The van der Waals surface area contributed by atoms with Crippen LogP contribution in [0.3, 0.4) is 0 Å². The van der Waals surface area contributed by atoms with Gasteiger partial charge in [0.25, 0.3) is 11.3 Å². The van der Waals surface area contributed by atoms with Crippen molar-refractivity contribution < 1.29 is 32.2 Å². The van der Waals surface area contributed by atoms with Gasteiger partial charge in [0, 0.05) is 6.54 Å². The third kappa shape index (κ3) is 12.6. The molecule has 2 unspecified atom stereocenters. The summed E-state index contributed by atoms with van der Waals surface area (Å²) in [5.41, 5.74) is -1.49. The Bertz CT molecular complexity index is 773. The van der Waals surface area contributed by atoms with Gasteiger partial charge in [0.05, 0.1) is 6.54 Å². The summed E-state index contributed by atoms with van der Waals surface area (Å²) in [4.78, 5) is 36.1. The number of para-hydroxylation sites is 1. The molecule has 0 saturated carbocycles. The molecule has 0 bridgehead atoms. The fraction of sp³-hybridized carbons (Fsp3) is 0.550. The van der Waals surface area contributed by atoms with E-state index in [0.29, 0.717) is 5.75 Å². The van der Waals surface area contributed by atoms with E-state index in [1.807, 2.05) is 0 Å². The highest BCUT2D eigenvalue weighted by Crippen LogP contribution is 2.11. The zero-order valence-corrected chi connectivity index (χ0v) is 19.5. The lowest BCUT2D eigenvalue weighted by Gasteiger charge is -2.24. The van der Waals surface area contributed by atoms with Crippen LogP contribution in [0.2, 0.25) is 0 Å². The zero-order chi connectivity index (χ0) is 23.7. The van der Waals surface area contributed by atoms with Gasteiger partial charge in [-0.3, -0.25) is 9.59 Å². The van der Waals surface area contributed by atoms with Gasteiger partial charge in [-0.1, -0.05) is 18.2 Å². The first-order valence-electron chi connectivity index (χ1n) is 9.63. The van der Waals surface area contributed by atoms with Crippen molar-refractivity contribution in [1.29, 1.82) is 0 Å². The second-order valence-corrected chi connectivity index (χ2v) is 9.37. The fourth-order valence-electron chi connectivity index (χ4n) is 1.99. The standard InChI is InChI=1S/C20H31N3O7S/c1-19(2,3)28-17(25)15(23-31(27)30-14-10-8-7-9-11-14)12-21-16(24)13-22-18(26)29-20(4,5)6/h7-11,15,23H,12-13H2,1-6H3,(H,21,24)(H,22,26). The molecular weight excluding hydrogens is 426 g/mol. The number of carbonyl (C=O) groups excluding carboxylic acids is 3. The number of nitrogens with one attached hydrogen (secondary N) is 3. The van der Waals surface area contributed by atoms with Gasteiger partial charge in [0.15, 0.2) is 0 Å². The molecular formula is C20H31N3O7S. The molecule has 11 heteroatoms. The number of hydrogen-bond donors (Lipinski definition) is 3. The normalized spacial score (nSPS) is 13.5. The number of ether oxygens (including phenoxy) is 2. The van der Waals surface area contributed by atoms with Gasteiger partial charge in [-0.25, -0.2) is 4.79 Å². The molecule has 10 nitrogen and oxygen atoms in total. The SMILES string of the molecule is CC(C)(C)OC(=O)NCC(=O)NCC(NS(=O)Oc1ccccc1)C(=O)OC(C)(C)C. The Morgan fingerprint density at radius 3 is 2.06 bits per heavy atom. The molecule has 3 N–H and O–H groups in total. The van der Waals surface area contributed by atoms with Crippen LogP contribution < -0.4 is 19.5 Å². The van der Waals surface area contributed by atoms with Gasteiger partial charge >= 0.3 is 12.1 Å². The number of esters is 1. The molecule has 2 atom stereocenters. The van der Waals surface area contributed by atoms with Crippen molar-refractivity contribution in [3.05, 3.63) is 30.3 Å². The summed E-state index contributed by atoms with van der Waals surface area (Å²) in [6.45, 7) is 9.53. The lowest BCUT2D eigenvalue weighted by Crippen LogP contribution is -2.51. The lowest BCUT2D eigenvalue weighted by molar-refractivity contribution is -0.156. The second kappa shape index (κ2) is 11.7. The van der Waals surface area contributed by atoms with Crippen molar-refractivity contribution in [1.82, 2.24) is 15.4 Å². The molecule has 0 spiro atoms.